The second-order valence-electron chi connectivity index (χ2n) is 5.36. The van der Waals surface area contributed by atoms with Crippen LogP contribution in [0.3, 0.4) is 0 Å². The summed E-state index contributed by atoms with van der Waals surface area (Å²) in [6.07, 6.45) is 11.7. The Bertz CT molecular complexity index is 341. The maximum absolute atomic E-state index is 5.60. The van der Waals surface area contributed by atoms with Crippen molar-refractivity contribution in [3.63, 3.8) is 0 Å². The van der Waals surface area contributed by atoms with Gasteiger partial charge in [0.15, 0.2) is 0 Å². The van der Waals surface area contributed by atoms with Gasteiger partial charge in [-0.1, -0.05) is 0 Å². The highest BCUT2D eigenvalue weighted by molar-refractivity contribution is 4.93. The summed E-state index contributed by atoms with van der Waals surface area (Å²) >= 11 is 0. The molecule has 0 aliphatic heterocycles. The second-order valence-corrected chi connectivity index (χ2v) is 5.36. The van der Waals surface area contributed by atoms with Crippen LogP contribution in [0.4, 0.5) is 0 Å². The van der Waals surface area contributed by atoms with Crippen LogP contribution in [0.5, 0.6) is 0 Å². The minimum Gasteiger partial charge on any atom is -0.383 e. The van der Waals surface area contributed by atoms with Gasteiger partial charge in [-0.3, -0.25) is 0 Å². The molecule has 3 atom stereocenters. The third kappa shape index (κ3) is 4.03. The summed E-state index contributed by atoms with van der Waals surface area (Å²) in [5.74, 6) is 0. The van der Waals surface area contributed by atoms with E-state index in [4.69, 9.17) is 10.5 Å². The highest BCUT2D eigenvalue weighted by Gasteiger charge is 2.29. The molecule has 0 radical (unpaired) electrons. The third-order valence-corrected chi connectivity index (χ3v) is 3.96. The average Bonchev–Trinajstić information content (AvgIpc) is 3.06. The minimum atomic E-state index is 0.405. The number of nitrogens with zero attached hydrogens (tertiary/aromatic N) is 2. The highest BCUT2D eigenvalue weighted by Crippen LogP contribution is 2.30. The number of aromatic nitrogens is 2. The summed E-state index contributed by atoms with van der Waals surface area (Å²) < 4.78 is 7.55. The van der Waals surface area contributed by atoms with Gasteiger partial charge in [-0.05, 0) is 38.6 Å². The Labute approximate surface area is 115 Å². The summed E-state index contributed by atoms with van der Waals surface area (Å²) in [6.45, 7) is 1.50. The molecule has 19 heavy (non-hydrogen) atoms. The van der Waals surface area contributed by atoms with Crippen molar-refractivity contribution in [2.24, 2.45) is 5.73 Å². The molecular weight excluding hydrogens is 240 g/mol. The van der Waals surface area contributed by atoms with Crippen LogP contribution in [0.15, 0.2) is 18.7 Å². The van der Waals surface area contributed by atoms with Gasteiger partial charge in [0, 0.05) is 37.6 Å². The van der Waals surface area contributed by atoms with E-state index in [2.05, 4.69) is 21.1 Å². The lowest BCUT2D eigenvalue weighted by Crippen LogP contribution is -2.43. The normalized spacial score (nSPS) is 24.7. The average molecular weight is 266 g/mol. The van der Waals surface area contributed by atoms with Crippen molar-refractivity contribution in [3.05, 3.63) is 18.7 Å². The molecule has 2 rings (SSSR count). The van der Waals surface area contributed by atoms with Gasteiger partial charge in [0.25, 0.3) is 0 Å². The van der Waals surface area contributed by atoms with Crippen molar-refractivity contribution in [1.29, 1.82) is 0 Å². The first-order valence-corrected chi connectivity index (χ1v) is 7.27. The molecule has 1 aromatic rings. The molecule has 0 saturated heterocycles. The maximum Gasteiger partial charge on any atom is 0.0949 e. The summed E-state index contributed by atoms with van der Waals surface area (Å²) in [4.78, 5) is 4.16. The summed E-state index contributed by atoms with van der Waals surface area (Å²) in [6, 6.07) is 1.45. The van der Waals surface area contributed by atoms with E-state index in [1.807, 2.05) is 12.5 Å². The van der Waals surface area contributed by atoms with Gasteiger partial charge in [-0.2, -0.15) is 0 Å². The fourth-order valence-corrected chi connectivity index (χ4v) is 3.04. The number of hydrogen-bond donors (Lipinski definition) is 2. The summed E-state index contributed by atoms with van der Waals surface area (Å²) in [5.41, 5.74) is 5.60. The van der Waals surface area contributed by atoms with Gasteiger partial charge in [-0.15, -0.1) is 0 Å². The molecule has 108 valence electrons. The maximum atomic E-state index is 5.60. The quantitative estimate of drug-likeness (QED) is 0.745. The number of rotatable bonds is 8. The smallest absolute Gasteiger partial charge is 0.0949 e. The Morgan fingerprint density at radius 2 is 2.42 bits per heavy atom. The fourth-order valence-electron chi connectivity index (χ4n) is 3.04. The van der Waals surface area contributed by atoms with Crippen LogP contribution in [0.25, 0.3) is 0 Å². The molecule has 0 bridgehead atoms. The molecule has 1 aliphatic carbocycles. The van der Waals surface area contributed by atoms with E-state index < -0.39 is 0 Å². The van der Waals surface area contributed by atoms with Crippen molar-refractivity contribution >= 4 is 0 Å². The van der Waals surface area contributed by atoms with Crippen molar-refractivity contribution in [3.8, 4) is 0 Å². The molecule has 1 fully saturated rings. The van der Waals surface area contributed by atoms with Crippen molar-refractivity contribution in [1.82, 2.24) is 14.9 Å². The fraction of sp³-hybridized carbons (Fsp3) is 0.786. The van der Waals surface area contributed by atoms with Crippen LogP contribution in [-0.2, 0) is 4.74 Å². The van der Waals surface area contributed by atoms with Crippen molar-refractivity contribution < 1.29 is 4.74 Å². The largest absolute Gasteiger partial charge is 0.383 e. The SMILES string of the molecule is COCC(CCCN)NC1CCCC1n1ccnc1. The zero-order chi connectivity index (χ0) is 13.5. The highest BCUT2D eigenvalue weighted by atomic mass is 16.5. The second kappa shape index (κ2) is 7.62. The van der Waals surface area contributed by atoms with E-state index in [0.717, 1.165) is 26.0 Å². The molecule has 3 unspecified atom stereocenters. The van der Waals surface area contributed by atoms with Crippen molar-refractivity contribution in [2.45, 2.75) is 50.2 Å². The monoisotopic (exact) mass is 266 g/mol. The molecule has 0 spiro atoms. The van der Waals surface area contributed by atoms with Gasteiger partial charge < -0.3 is 20.4 Å². The predicted molar refractivity (Wildman–Crippen MR) is 76.0 cm³/mol. The van der Waals surface area contributed by atoms with E-state index in [0.29, 0.717) is 18.1 Å². The van der Waals surface area contributed by atoms with Crippen molar-refractivity contribution in [2.75, 3.05) is 20.3 Å². The Hall–Kier alpha value is -0.910. The van der Waals surface area contributed by atoms with Crippen LogP contribution in [0.1, 0.15) is 38.1 Å². The molecule has 0 aromatic carbocycles. The van der Waals surface area contributed by atoms with Crippen LogP contribution < -0.4 is 11.1 Å². The molecule has 5 nitrogen and oxygen atoms in total. The first-order valence-electron chi connectivity index (χ1n) is 7.27. The molecular formula is C14H26N4O. The standard InChI is InChI=1S/C14H26N4O/c1-19-10-12(4-3-7-15)17-13-5-2-6-14(13)18-9-8-16-11-18/h8-9,11-14,17H,2-7,10,15H2,1H3. The predicted octanol–water partition coefficient (Wildman–Crippen LogP) is 1.32. The van der Waals surface area contributed by atoms with Gasteiger partial charge in [0.2, 0.25) is 0 Å². The molecule has 1 aromatic heterocycles. The van der Waals surface area contributed by atoms with Gasteiger partial charge in [0.1, 0.15) is 0 Å². The molecule has 1 saturated carbocycles. The summed E-state index contributed by atoms with van der Waals surface area (Å²) in [7, 11) is 1.76. The number of methoxy groups -OCH3 is 1. The number of ether oxygens (including phenoxy) is 1. The first kappa shape index (κ1) is 14.5. The van der Waals surface area contributed by atoms with E-state index in [1.165, 1.54) is 19.3 Å². The molecule has 1 heterocycles. The number of nitrogens with two attached hydrogens (primary N) is 1. The lowest BCUT2D eigenvalue weighted by atomic mass is 10.1. The number of hydrogen-bond acceptors (Lipinski definition) is 4. The summed E-state index contributed by atoms with van der Waals surface area (Å²) in [5, 5.41) is 3.76. The van der Waals surface area contributed by atoms with Crippen LogP contribution >= 0.6 is 0 Å². The van der Waals surface area contributed by atoms with Gasteiger partial charge in [0.05, 0.1) is 12.9 Å². The van der Waals surface area contributed by atoms with Gasteiger partial charge >= 0.3 is 0 Å². The molecule has 5 heteroatoms. The zero-order valence-electron chi connectivity index (χ0n) is 11.8. The number of nitrogens with one attached hydrogen (secondary N) is 1. The Morgan fingerprint density at radius 3 is 3.11 bits per heavy atom. The Kier molecular flexibility index (Phi) is 5.82. The lowest BCUT2D eigenvalue weighted by molar-refractivity contribution is 0.151. The van der Waals surface area contributed by atoms with Crippen LogP contribution in [0.2, 0.25) is 0 Å². The molecule has 0 amide bonds. The molecule has 1 aliphatic rings. The minimum absolute atomic E-state index is 0.405. The third-order valence-electron chi connectivity index (χ3n) is 3.96. The van der Waals surface area contributed by atoms with E-state index >= 15 is 0 Å². The topological polar surface area (TPSA) is 65.1 Å². The van der Waals surface area contributed by atoms with E-state index in [-0.39, 0.29) is 0 Å². The molecule has 3 N–H and O–H groups in total. The number of imidazole rings is 1. The first-order chi connectivity index (χ1) is 9.35. The zero-order valence-corrected chi connectivity index (χ0v) is 11.8. The van der Waals surface area contributed by atoms with Crippen LogP contribution in [0, 0.1) is 0 Å². The van der Waals surface area contributed by atoms with E-state index in [9.17, 15) is 0 Å². The van der Waals surface area contributed by atoms with Gasteiger partial charge in [-0.25, -0.2) is 4.98 Å². The van der Waals surface area contributed by atoms with E-state index in [1.54, 1.807) is 7.11 Å². The Balaban J connectivity index is 1.91. The van der Waals surface area contributed by atoms with Crippen LogP contribution in [-0.4, -0.2) is 41.9 Å². The Morgan fingerprint density at radius 1 is 1.53 bits per heavy atom. The lowest BCUT2D eigenvalue weighted by Gasteiger charge is -2.27.